The van der Waals surface area contributed by atoms with E-state index in [-0.39, 0.29) is 34.4 Å². The topological polar surface area (TPSA) is 159 Å². The lowest BCUT2D eigenvalue weighted by atomic mass is 9.78. The SMILES string of the molecule is COC1=CC(=O)[C@@H]([C@@H]2O[C@H](COC(=O)c3ccccc3)[C@@H](OC(=O)c3ccccc3)[C@H](OC(=O)c3ccccc3)[C@H]2OC(=O)c2ccccc2)CC1(OC)OC. The largest absolute Gasteiger partial charge is 0.495 e. The first-order chi connectivity index (χ1) is 27.2. The number of ether oxygens (including phenoxy) is 8. The molecule has 4 aromatic carbocycles. The molecule has 56 heavy (non-hydrogen) atoms. The molecule has 0 spiro atoms. The molecule has 6 rings (SSSR count). The highest BCUT2D eigenvalue weighted by atomic mass is 16.7. The van der Waals surface area contributed by atoms with Crippen molar-refractivity contribution in [1.82, 2.24) is 0 Å². The lowest BCUT2D eigenvalue weighted by Crippen LogP contribution is -2.65. The van der Waals surface area contributed by atoms with Crippen LogP contribution in [0.1, 0.15) is 47.9 Å². The molecule has 1 aliphatic carbocycles. The maximum atomic E-state index is 14.1. The molecule has 13 heteroatoms. The molecule has 0 amide bonds. The Morgan fingerprint density at radius 1 is 0.589 bits per heavy atom. The molecule has 6 atom stereocenters. The van der Waals surface area contributed by atoms with E-state index in [0.29, 0.717) is 0 Å². The maximum Gasteiger partial charge on any atom is 0.338 e. The maximum absolute atomic E-state index is 14.1. The number of carbonyl (C=O) groups is 5. The van der Waals surface area contributed by atoms with Gasteiger partial charge in [0, 0.05) is 26.7 Å². The Balaban J connectivity index is 1.48. The quantitative estimate of drug-likeness (QED) is 0.0970. The molecule has 0 unspecified atom stereocenters. The van der Waals surface area contributed by atoms with Crippen LogP contribution in [0.4, 0.5) is 0 Å². The van der Waals surface area contributed by atoms with Crippen molar-refractivity contribution in [2.24, 2.45) is 5.92 Å². The van der Waals surface area contributed by atoms with Crippen molar-refractivity contribution in [2.45, 2.75) is 42.7 Å². The molecule has 13 nitrogen and oxygen atoms in total. The molecule has 0 N–H and O–H groups in total. The van der Waals surface area contributed by atoms with E-state index in [1.54, 1.807) is 84.9 Å². The number of hydrogen-bond acceptors (Lipinski definition) is 13. The van der Waals surface area contributed by atoms with Crippen LogP contribution in [-0.2, 0) is 42.7 Å². The third kappa shape index (κ3) is 8.70. The molecule has 1 fully saturated rings. The van der Waals surface area contributed by atoms with E-state index >= 15 is 0 Å². The van der Waals surface area contributed by atoms with Crippen molar-refractivity contribution in [3.8, 4) is 0 Å². The predicted molar refractivity (Wildman–Crippen MR) is 197 cm³/mol. The van der Waals surface area contributed by atoms with Gasteiger partial charge in [0.25, 0.3) is 0 Å². The van der Waals surface area contributed by atoms with E-state index in [9.17, 15) is 24.0 Å². The van der Waals surface area contributed by atoms with Crippen molar-refractivity contribution in [2.75, 3.05) is 27.9 Å². The molecular weight excluding hydrogens is 724 g/mol. The molecule has 1 aliphatic heterocycles. The summed E-state index contributed by atoms with van der Waals surface area (Å²) < 4.78 is 47.8. The third-order valence-electron chi connectivity index (χ3n) is 9.59. The molecule has 0 radical (unpaired) electrons. The Kier molecular flexibility index (Phi) is 12.7. The van der Waals surface area contributed by atoms with Crippen LogP contribution in [0.25, 0.3) is 0 Å². The number of allylic oxidation sites excluding steroid dienone is 1. The number of carbonyl (C=O) groups excluding carboxylic acids is 5. The fraction of sp³-hybridized carbons (Fsp3) is 0.279. The van der Waals surface area contributed by atoms with Gasteiger partial charge in [-0.3, -0.25) is 4.79 Å². The lowest BCUT2D eigenvalue weighted by Gasteiger charge is -2.48. The zero-order valence-electron chi connectivity index (χ0n) is 30.8. The molecule has 0 aromatic heterocycles. The normalized spacial score (nSPS) is 22.8. The van der Waals surface area contributed by atoms with Gasteiger partial charge in [0.05, 0.1) is 35.3 Å². The van der Waals surface area contributed by atoms with E-state index < -0.39 is 78.5 Å². The minimum absolute atomic E-state index is 0.0763. The first-order valence-electron chi connectivity index (χ1n) is 17.7. The summed E-state index contributed by atoms with van der Waals surface area (Å²) >= 11 is 0. The van der Waals surface area contributed by atoms with Gasteiger partial charge in [-0.2, -0.15) is 0 Å². The van der Waals surface area contributed by atoms with Crippen molar-refractivity contribution >= 4 is 29.7 Å². The van der Waals surface area contributed by atoms with Crippen LogP contribution in [0.15, 0.2) is 133 Å². The molecule has 4 aromatic rings. The summed E-state index contributed by atoms with van der Waals surface area (Å²) in [5, 5.41) is 0. The molecule has 0 saturated carbocycles. The molecular formula is C43H40O13. The minimum Gasteiger partial charge on any atom is -0.495 e. The second-order valence-corrected chi connectivity index (χ2v) is 12.9. The summed E-state index contributed by atoms with van der Waals surface area (Å²) in [4.78, 5) is 69.0. The van der Waals surface area contributed by atoms with Crippen LogP contribution in [0, 0.1) is 5.92 Å². The zero-order chi connectivity index (χ0) is 39.7. The highest BCUT2D eigenvalue weighted by Gasteiger charge is 2.58. The first kappa shape index (κ1) is 39.5. The van der Waals surface area contributed by atoms with Gasteiger partial charge >= 0.3 is 23.9 Å². The van der Waals surface area contributed by atoms with Gasteiger partial charge in [0.2, 0.25) is 5.79 Å². The highest BCUT2D eigenvalue weighted by Crippen LogP contribution is 2.42. The summed E-state index contributed by atoms with van der Waals surface area (Å²) in [6.45, 7) is -0.546. The van der Waals surface area contributed by atoms with Crippen LogP contribution < -0.4 is 0 Å². The number of rotatable bonds is 13. The van der Waals surface area contributed by atoms with Crippen molar-refractivity contribution in [3.05, 3.63) is 155 Å². The van der Waals surface area contributed by atoms with E-state index in [0.717, 1.165) is 0 Å². The van der Waals surface area contributed by atoms with Crippen LogP contribution in [0.3, 0.4) is 0 Å². The number of esters is 4. The molecule has 0 bridgehead atoms. The molecule has 1 heterocycles. The Labute approximate surface area is 323 Å². The Bertz CT molecular complexity index is 2010. The van der Waals surface area contributed by atoms with E-state index in [1.165, 1.54) is 63.8 Å². The van der Waals surface area contributed by atoms with Gasteiger partial charge < -0.3 is 37.9 Å². The van der Waals surface area contributed by atoms with Gasteiger partial charge in [0.15, 0.2) is 29.9 Å². The fourth-order valence-electron chi connectivity index (χ4n) is 6.70. The zero-order valence-corrected chi connectivity index (χ0v) is 30.8. The second kappa shape index (κ2) is 18.0. The highest BCUT2D eigenvalue weighted by molar-refractivity contribution is 5.95. The van der Waals surface area contributed by atoms with Gasteiger partial charge in [-0.15, -0.1) is 0 Å². The summed E-state index contributed by atoms with van der Waals surface area (Å²) in [6.07, 6.45) is -6.66. The van der Waals surface area contributed by atoms with Crippen molar-refractivity contribution in [3.63, 3.8) is 0 Å². The summed E-state index contributed by atoms with van der Waals surface area (Å²) in [5.74, 6) is -6.53. The Morgan fingerprint density at radius 2 is 1.00 bits per heavy atom. The second-order valence-electron chi connectivity index (χ2n) is 12.9. The standard InChI is InChI=1S/C43H40O13/c1-49-34-24-32(44)31(25-43(34,50-2)51-3)35-37(55-41(47)29-20-12-6-13-21-29)38(56-42(48)30-22-14-7-15-23-30)36(54-40(46)28-18-10-5-11-19-28)33(53-35)26-52-39(45)27-16-8-4-9-17-27/h4-24,31,33,35-38H,25-26H2,1-3H3/t31-,33+,35-,36+,37-,38-/m0/s1. The van der Waals surface area contributed by atoms with Crippen molar-refractivity contribution < 1.29 is 61.9 Å². The fourth-order valence-corrected chi connectivity index (χ4v) is 6.70. The molecule has 2 aliphatic rings. The van der Waals surface area contributed by atoms with Gasteiger partial charge in [0.1, 0.15) is 18.8 Å². The monoisotopic (exact) mass is 764 g/mol. The smallest absolute Gasteiger partial charge is 0.338 e. The van der Waals surface area contributed by atoms with Crippen LogP contribution >= 0.6 is 0 Å². The van der Waals surface area contributed by atoms with Gasteiger partial charge in [-0.1, -0.05) is 72.8 Å². The minimum atomic E-state index is -1.64. The van der Waals surface area contributed by atoms with Gasteiger partial charge in [-0.05, 0) is 48.5 Å². The Hall–Kier alpha value is -6.15. The Morgan fingerprint density at radius 3 is 1.43 bits per heavy atom. The van der Waals surface area contributed by atoms with E-state index in [4.69, 9.17) is 37.9 Å². The van der Waals surface area contributed by atoms with Crippen molar-refractivity contribution in [1.29, 1.82) is 0 Å². The molecule has 1 saturated heterocycles. The summed E-state index contributed by atoms with van der Waals surface area (Å²) in [7, 11) is 4.09. The van der Waals surface area contributed by atoms with Crippen LogP contribution in [0.5, 0.6) is 0 Å². The predicted octanol–water partition coefficient (Wildman–Crippen LogP) is 5.40. The summed E-state index contributed by atoms with van der Waals surface area (Å²) in [6, 6.07) is 32.2. The number of benzene rings is 4. The third-order valence-corrected chi connectivity index (χ3v) is 9.59. The van der Waals surface area contributed by atoms with E-state index in [2.05, 4.69) is 0 Å². The summed E-state index contributed by atoms with van der Waals surface area (Å²) in [5.41, 5.74) is 0.633. The number of ketones is 1. The first-order valence-corrected chi connectivity index (χ1v) is 17.7. The average Bonchev–Trinajstić information content (AvgIpc) is 3.25. The lowest BCUT2D eigenvalue weighted by molar-refractivity contribution is -0.256. The number of methoxy groups -OCH3 is 3. The molecule has 290 valence electrons. The average molecular weight is 765 g/mol. The van der Waals surface area contributed by atoms with Crippen LogP contribution in [-0.4, -0.2) is 93.9 Å². The van der Waals surface area contributed by atoms with Gasteiger partial charge in [-0.25, -0.2) is 19.2 Å². The van der Waals surface area contributed by atoms with E-state index in [1.807, 2.05) is 0 Å². The van der Waals surface area contributed by atoms with Crippen LogP contribution in [0.2, 0.25) is 0 Å². The number of hydrogen-bond donors (Lipinski definition) is 0.